The molecule has 0 saturated carbocycles. The van der Waals surface area contributed by atoms with Crippen molar-refractivity contribution >= 4 is 5.91 Å². The van der Waals surface area contributed by atoms with Gasteiger partial charge in [-0.05, 0) is 43.5 Å². The van der Waals surface area contributed by atoms with Gasteiger partial charge in [0.1, 0.15) is 13.2 Å². The van der Waals surface area contributed by atoms with Crippen LogP contribution in [0.1, 0.15) is 36.1 Å². The van der Waals surface area contributed by atoms with Gasteiger partial charge in [0.25, 0.3) is 0 Å². The molecule has 4 nitrogen and oxygen atoms in total. The minimum atomic E-state index is 0.0124. The topological polar surface area (TPSA) is 47.6 Å². The lowest BCUT2D eigenvalue weighted by Crippen LogP contribution is -2.26. The van der Waals surface area contributed by atoms with Crippen LogP contribution in [0.2, 0.25) is 0 Å². The third-order valence-electron chi connectivity index (χ3n) is 4.20. The highest BCUT2D eigenvalue weighted by molar-refractivity contribution is 5.76. The van der Waals surface area contributed by atoms with Crippen molar-refractivity contribution in [2.24, 2.45) is 0 Å². The van der Waals surface area contributed by atoms with Gasteiger partial charge in [-0.1, -0.05) is 35.9 Å². The zero-order valence-corrected chi connectivity index (χ0v) is 14.2. The molecule has 0 saturated heterocycles. The van der Waals surface area contributed by atoms with Crippen molar-refractivity contribution in [2.75, 3.05) is 13.2 Å². The maximum absolute atomic E-state index is 12.2. The molecule has 1 heterocycles. The van der Waals surface area contributed by atoms with Crippen LogP contribution in [0.15, 0.2) is 42.5 Å². The normalized spacial score (nSPS) is 14.1. The van der Waals surface area contributed by atoms with Crippen LogP contribution in [0, 0.1) is 6.92 Å². The lowest BCUT2D eigenvalue weighted by atomic mass is 10.1. The summed E-state index contributed by atoms with van der Waals surface area (Å²) in [6.45, 7) is 5.23. The summed E-state index contributed by atoms with van der Waals surface area (Å²) in [6.07, 6.45) is 1.14. The molecule has 1 aliphatic rings. The standard InChI is InChI=1S/C20H23NO3/c1-14-3-7-17(8-4-14)15(2)21-20(22)10-6-16-5-9-18-19(13-16)24-12-11-23-18/h3-5,7-9,13,15H,6,10-12H2,1-2H3,(H,21,22)/t15-/m0/s1. The lowest BCUT2D eigenvalue weighted by Gasteiger charge is -2.19. The van der Waals surface area contributed by atoms with Gasteiger partial charge in [-0.3, -0.25) is 4.79 Å². The predicted molar refractivity (Wildman–Crippen MR) is 93.5 cm³/mol. The van der Waals surface area contributed by atoms with E-state index in [1.807, 2.05) is 25.1 Å². The van der Waals surface area contributed by atoms with Gasteiger partial charge in [-0.25, -0.2) is 0 Å². The molecule has 24 heavy (non-hydrogen) atoms. The molecule has 0 unspecified atom stereocenters. The van der Waals surface area contributed by atoms with Crippen LogP contribution in [0.5, 0.6) is 11.5 Å². The molecule has 1 amide bonds. The summed E-state index contributed by atoms with van der Waals surface area (Å²) in [4.78, 5) is 12.2. The van der Waals surface area contributed by atoms with Gasteiger partial charge < -0.3 is 14.8 Å². The second-order valence-corrected chi connectivity index (χ2v) is 6.18. The summed E-state index contributed by atoms with van der Waals surface area (Å²) in [5.41, 5.74) is 3.42. The Labute approximate surface area is 142 Å². The largest absolute Gasteiger partial charge is 0.486 e. The molecular formula is C20H23NO3. The number of hydrogen-bond donors (Lipinski definition) is 1. The molecule has 3 rings (SSSR count). The highest BCUT2D eigenvalue weighted by Gasteiger charge is 2.13. The Hall–Kier alpha value is -2.49. The van der Waals surface area contributed by atoms with E-state index in [-0.39, 0.29) is 11.9 Å². The van der Waals surface area contributed by atoms with Gasteiger partial charge in [0.2, 0.25) is 5.91 Å². The van der Waals surface area contributed by atoms with Crippen LogP contribution in [0.4, 0.5) is 0 Å². The fourth-order valence-corrected chi connectivity index (χ4v) is 2.75. The van der Waals surface area contributed by atoms with E-state index >= 15 is 0 Å². The molecule has 0 aliphatic carbocycles. The maximum Gasteiger partial charge on any atom is 0.220 e. The first-order chi connectivity index (χ1) is 11.6. The predicted octanol–water partition coefficient (Wildman–Crippen LogP) is 3.58. The summed E-state index contributed by atoms with van der Waals surface area (Å²) >= 11 is 0. The van der Waals surface area contributed by atoms with Crippen molar-refractivity contribution in [3.8, 4) is 11.5 Å². The number of carbonyl (C=O) groups excluding carboxylic acids is 1. The van der Waals surface area contributed by atoms with Crippen LogP contribution in [-0.2, 0) is 11.2 Å². The fraction of sp³-hybridized carbons (Fsp3) is 0.350. The van der Waals surface area contributed by atoms with E-state index in [9.17, 15) is 4.79 Å². The Morgan fingerprint density at radius 2 is 1.79 bits per heavy atom. The molecular weight excluding hydrogens is 302 g/mol. The quantitative estimate of drug-likeness (QED) is 0.914. The fourth-order valence-electron chi connectivity index (χ4n) is 2.75. The molecule has 0 spiro atoms. The third kappa shape index (κ3) is 4.07. The average molecular weight is 325 g/mol. The van der Waals surface area contributed by atoms with E-state index < -0.39 is 0 Å². The second kappa shape index (κ2) is 7.39. The monoisotopic (exact) mass is 325 g/mol. The molecule has 4 heteroatoms. The van der Waals surface area contributed by atoms with Crippen LogP contribution in [-0.4, -0.2) is 19.1 Å². The number of ether oxygens (including phenoxy) is 2. The van der Waals surface area contributed by atoms with Crippen LogP contribution < -0.4 is 14.8 Å². The maximum atomic E-state index is 12.2. The molecule has 0 bridgehead atoms. The van der Waals surface area contributed by atoms with E-state index in [0.29, 0.717) is 26.1 Å². The molecule has 2 aromatic rings. The summed E-state index contributed by atoms with van der Waals surface area (Å²) in [7, 11) is 0. The highest BCUT2D eigenvalue weighted by Crippen LogP contribution is 2.31. The van der Waals surface area contributed by atoms with Gasteiger partial charge in [-0.15, -0.1) is 0 Å². The first-order valence-electron chi connectivity index (χ1n) is 8.36. The molecule has 0 radical (unpaired) electrons. The van der Waals surface area contributed by atoms with E-state index in [4.69, 9.17) is 9.47 Å². The highest BCUT2D eigenvalue weighted by atomic mass is 16.6. The van der Waals surface area contributed by atoms with E-state index in [1.54, 1.807) is 0 Å². The van der Waals surface area contributed by atoms with Gasteiger partial charge in [0.15, 0.2) is 11.5 Å². The number of fused-ring (bicyclic) bond motifs is 1. The van der Waals surface area contributed by atoms with Crippen LogP contribution in [0.3, 0.4) is 0 Å². The minimum Gasteiger partial charge on any atom is -0.486 e. The van der Waals surface area contributed by atoms with Gasteiger partial charge in [0.05, 0.1) is 6.04 Å². The first-order valence-corrected chi connectivity index (χ1v) is 8.36. The molecule has 1 atom stereocenters. The van der Waals surface area contributed by atoms with Crippen molar-refractivity contribution in [1.82, 2.24) is 5.32 Å². The zero-order valence-electron chi connectivity index (χ0n) is 14.2. The van der Waals surface area contributed by atoms with Crippen molar-refractivity contribution in [3.05, 3.63) is 59.2 Å². The Bertz CT molecular complexity index is 709. The minimum absolute atomic E-state index is 0.0124. The third-order valence-corrected chi connectivity index (χ3v) is 4.20. The molecule has 0 aromatic heterocycles. The van der Waals surface area contributed by atoms with Crippen LogP contribution >= 0.6 is 0 Å². The summed E-state index contributed by atoms with van der Waals surface area (Å²) < 4.78 is 11.1. The van der Waals surface area contributed by atoms with E-state index in [0.717, 1.165) is 22.6 Å². The number of amides is 1. The van der Waals surface area contributed by atoms with Crippen molar-refractivity contribution in [1.29, 1.82) is 0 Å². The number of rotatable bonds is 5. The molecule has 0 fully saturated rings. The number of hydrogen-bond acceptors (Lipinski definition) is 3. The zero-order chi connectivity index (χ0) is 16.9. The van der Waals surface area contributed by atoms with Gasteiger partial charge in [-0.2, -0.15) is 0 Å². The lowest BCUT2D eigenvalue weighted by molar-refractivity contribution is -0.121. The van der Waals surface area contributed by atoms with Gasteiger partial charge >= 0.3 is 0 Å². The van der Waals surface area contributed by atoms with Crippen molar-refractivity contribution < 1.29 is 14.3 Å². The van der Waals surface area contributed by atoms with Crippen molar-refractivity contribution in [2.45, 2.75) is 32.7 Å². The number of aryl methyl sites for hydroxylation is 2. The Balaban J connectivity index is 1.52. The Morgan fingerprint density at radius 1 is 1.08 bits per heavy atom. The van der Waals surface area contributed by atoms with Crippen molar-refractivity contribution in [3.63, 3.8) is 0 Å². The van der Waals surface area contributed by atoms with Crippen LogP contribution in [0.25, 0.3) is 0 Å². The second-order valence-electron chi connectivity index (χ2n) is 6.18. The summed E-state index contributed by atoms with van der Waals surface area (Å²) in [5.74, 6) is 1.60. The summed E-state index contributed by atoms with van der Waals surface area (Å²) in [5, 5.41) is 3.05. The molecule has 1 aliphatic heterocycles. The van der Waals surface area contributed by atoms with Gasteiger partial charge in [0, 0.05) is 6.42 Å². The number of carbonyl (C=O) groups is 1. The SMILES string of the molecule is Cc1ccc([C@H](C)NC(=O)CCc2ccc3c(c2)OCCO3)cc1. The molecule has 126 valence electrons. The smallest absolute Gasteiger partial charge is 0.220 e. The average Bonchev–Trinajstić information content (AvgIpc) is 2.60. The Kier molecular flexibility index (Phi) is 5.04. The molecule has 1 N–H and O–H groups in total. The Morgan fingerprint density at radius 3 is 2.54 bits per heavy atom. The van der Waals surface area contributed by atoms with E-state index in [2.05, 4.69) is 36.5 Å². The number of nitrogens with one attached hydrogen (secondary N) is 1. The van der Waals surface area contributed by atoms with E-state index in [1.165, 1.54) is 5.56 Å². The summed E-state index contributed by atoms with van der Waals surface area (Å²) in [6, 6.07) is 14.1. The first kappa shape index (κ1) is 16.4. The molecule has 2 aromatic carbocycles. The number of benzene rings is 2.